The first kappa shape index (κ1) is 15.0. The Morgan fingerprint density at radius 2 is 2.04 bits per heavy atom. The van der Waals surface area contributed by atoms with Crippen molar-refractivity contribution in [2.24, 2.45) is 0 Å². The van der Waals surface area contributed by atoms with Gasteiger partial charge in [-0.25, -0.2) is 9.97 Å². The van der Waals surface area contributed by atoms with Crippen LogP contribution in [0, 0.1) is 0 Å². The Bertz CT molecular complexity index is 818. The Morgan fingerprint density at radius 1 is 1.17 bits per heavy atom. The predicted molar refractivity (Wildman–Crippen MR) is 93.9 cm³/mol. The van der Waals surface area contributed by atoms with Crippen molar-refractivity contribution in [1.29, 1.82) is 0 Å². The van der Waals surface area contributed by atoms with Crippen LogP contribution in [0.4, 0.5) is 5.82 Å². The summed E-state index contributed by atoms with van der Waals surface area (Å²) < 4.78 is 5.74. The number of pyridine rings is 1. The maximum absolute atomic E-state index is 5.74. The minimum absolute atomic E-state index is 0.132. The first-order valence-electron chi connectivity index (χ1n) is 8.13. The van der Waals surface area contributed by atoms with Crippen molar-refractivity contribution < 1.29 is 4.74 Å². The van der Waals surface area contributed by atoms with Crippen molar-refractivity contribution >= 4 is 16.9 Å². The van der Waals surface area contributed by atoms with E-state index in [1.165, 1.54) is 0 Å². The lowest BCUT2D eigenvalue weighted by Crippen LogP contribution is -2.42. The van der Waals surface area contributed by atoms with Gasteiger partial charge < -0.3 is 15.4 Å². The van der Waals surface area contributed by atoms with Gasteiger partial charge >= 0.3 is 0 Å². The SMILES string of the molecule is c1ccc(-c2cc3nccnc3c(NCC3CNCCO3)n2)cc1. The predicted octanol–water partition coefficient (Wildman–Crippen LogP) is 2.09. The van der Waals surface area contributed by atoms with Gasteiger partial charge in [0, 0.05) is 37.6 Å². The molecular weight excluding hydrogens is 302 g/mol. The third kappa shape index (κ3) is 3.20. The number of fused-ring (bicyclic) bond motifs is 1. The summed E-state index contributed by atoms with van der Waals surface area (Å²) in [6.07, 6.45) is 3.53. The molecule has 24 heavy (non-hydrogen) atoms. The van der Waals surface area contributed by atoms with Crippen molar-refractivity contribution in [3.8, 4) is 11.3 Å². The van der Waals surface area contributed by atoms with Gasteiger partial charge in [0.25, 0.3) is 0 Å². The molecule has 122 valence electrons. The number of hydrogen-bond donors (Lipinski definition) is 2. The van der Waals surface area contributed by atoms with Gasteiger partial charge in [0.1, 0.15) is 5.52 Å². The van der Waals surface area contributed by atoms with Crippen LogP contribution in [0.1, 0.15) is 0 Å². The van der Waals surface area contributed by atoms with E-state index in [9.17, 15) is 0 Å². The van der Waals surface area contributed by atoms with E-state index in [0.717, 1.165) is 47.8 Å². The lowest BCUT2D eigenvalue weighted by molar-refractivity contribution is 0.0372. The molecule has 2 N–H and O–H groups in total. The first-order chi connectivity index (χ1) is 11.9. The van der Waals surface area contributed by atoms with E-state index in [-0.39, 0.29) is 6.10 Å². The minimum Gasteiger partial charge on any atom is -0.374 e. The van der Waals surface area contributed by atoms with Gasteiger partial charge in [-0.3, -0.25) is 4.98 Å². The van der Waals surface area contributed by atoms with Crippen LogP contribution in [0.2, 0.25) is 0 Å². The Labute approximate surface area is 140 Å². The summed E-state index contributed by atoms with van der Waals surface area (Å²) >= 11 is 0. The summed E-state index contributed by atoms with van der Waals surface area (Å²) in [6, 6.07) is 12.1. The maximum Gasteiger partial charge on any atom is 0.154 e. The van der Waals surface area contributed by atoms with E-state index >= 15 is 0 Å². The zero-order valence-electron chi connectivity index (χ0n) is 13.3. The Hall–Kier alpha value is -2.57. The van der Waals surface area contributed by atoms with Gasteiger partial charge in [0.15, 0.2) is 5.82 Å². The van der Waals surface area contributed by atoms with Gasteiger partial charge in [-0.05, 0) is 6.07 Å². The highest BCUT2D eigenvalue weighted by Crippen LogP contribution is 2.25. The normalized spacial score (nSPS) is 17.8. The average Bonchev–Trinajstić information content (AvgIpc) is 2.67. The van der Waals surface area contributed by atoms with E-state index in [0.29, 0.717) is 6.54 Å². The molecule has 1 fully saturated rings. The van der Waals surface area contributed by atoms with Gasteiger partial charge in [0.05, 0.1) is 23.9 Å². The second-order valence-corrected chi connectivity index (χ2v) is 5.72. The van der Waals surface area contributed by atoms with Crippen molar-refractivity contribution in [3.63, 3.8) is 0 Å². The monoisotopic (exact) mass is 321 g/mol. The molecular formula is C18H19N5O. The number of nitrogens with one attached hydrogen (secondary N) is 2. The van der Waals surface area contributed by atoms with Crippen LogP contribution in [0.5, 0.6) is 0 Å². The van der Waals surface area contributed by atoms with Crippen LogP contribution in [-0.2, 0) is 4.74 Å². The number of rotatable bonds is 4. The number of hydrogen-bond acceptors (Lipinski definition) is 6. The lowest BCUT2D eigenvalue weighted by Gasteiger charge is -2.24. The van der Waals surface area contributed by atoms with Crippen LogP contribution in [0.3, 0.4) is 0 Å². The Balaban J connectivity index is 1.67. The molecule has 6 heteroatoms. The fourth-order valence-corrected chi connectivity index (χ4v) is 2.81. The zero-order chi connectivity index (χ0) is 16.2. The molecule has 1 aliphatic heterocycles. The lowest BCUT2D eigenvalue weighted by atomic mass is 10.1. The number of anilines is 1. The molecule has 6 nitrogen and oxygen atoms in total. The fraction of sp³-hybridized carbons (Fsp3) is 0.278. The van der Waals surface area contributed by atoms with Crippen LogP contribution < -0.4 is 10.6 Å². The van der Waals surface area contributed by atoms with Crippen molar-refractivity contribution in [3.05, 3.63) is 48.8 Å². The fourth-order valence-electron chi connectivity index (χ4n) is 2.81. The number of aromatic nitrogens is 3. The molecule has 1 unspecified atom stereocenters. The smallest absolute Gasteiger partial charge is 0.154 e. The highest BCUT2D eigenvalue weighted by Gasteiger charge is 2.15. The molecule has 1 saturated heterocycles. The van der Waals surface area contributed by atoms with Crippen LogP contribution in [0.25, 0.3) is 22.3 Å². The second kappa shape index (κ2) is 6.90. The summed E-state index contributed by atoms with van der Waals surface area (Å²) in [5, 5.41) is 6.72. The van der Waals surface area contributed by atoms with Gasteiger partial charge in [-0.15, -0.1) is 0 Å². The molecule has 0 saturated carbocycles. The van der Waals surface area contributed by atoms with Gasteiger partial charge in [0.2, 0.25) is 0 Å². The number of nitrogens with zero attached hydrogens (tertiary/aromatic N) is 3. The van der Waals surface area contributed by atoms with Crippen LogP contribution in [-0.4, -0.2) is 47.3 Å². The van der Waals surface area contributed by atoms with E-state index in [1.54, 1.807) is 12.4 Å². The summed E-state index contributed by atoms with van der Waals surface area (Å²) in [5.74, 6) is 0.744. The molecule has 0 spiro atoms. The summed E-state index contributed by atoms with van der Waals surface area (Å²) in [5.41, 5.74) is 3.55. The van der Waals surface area contributed by atoms with E-state index < -0.39 is 0 Å². The van der Waals surface area contributed by atoms with Gasteiger partial charge in [-0.2, -0.15) is 0 Å². The molecule has 3 aromatic rings. The third-order valence-electron chi connectivity index (χ3n) is 4.03. The van der Waals surface area contributed by atoms with E-state index in [2.05, 4.69) is 20.6 Å². The van der Waals surface area contributed by atoms with Crippen LogP contribution >= 0.6 is 0 Å². The number of benzene rings is 1. The highest BCUT2D eigenvalue weighted by molar-refractivity contribution is 5.88. The summed E-state index contributed by atoms with van der Waals surface area (Å²) in [7, 11) is 0. The van der Waals surface area contributed by atoms with E-state index in [4.69, 9.17) is 9.72 Å². The third-order valence-corrected chi connectivity index (χ3v) is 4.03. The summed E-state index contributed by atoms with van der Waals surface area (Å²) in [4.78, 5) is 13.6. The molecule has 0 aliphatic carbocycles. The molecule has 1 aromatic carbocycles. The zero-order valence-corrected chi connectivity index (χ0v) is 13.3. The van der Waals surface area contributed by atoms with Gasteiger partial charge in [-0.1, -0.05) is 30.3 Å². The number of morpholine rings is 1. The number of ether oxygens (including phenoxy) is 1. The average molecular weight is 321 g/mol. The Morgan fingerprint density at radius 3 is 2.88 bits per heavy atom. The highest BCUT2D eigenvalue weighted by atomic mass is 16.5. The maximum atomic E-state index is 5.74. The van der Waals surface area contributed by atoms with Crippen LogP contribution in [0.15, 0.2) is 48.8 Å². The van der Waals surface area contributed by atoms with Crippen molar-refractivity contribution in [2.75, 3.05) is 31.6 Å². The first-order valence-corrected chi connectivity index (χ1v) is 8.13. The molecule has 2 aromatic heterocycles. The molecule has 0 bridgehead atoms. The minimum atomic E-state index is 0.132. The molecule has 3 heterocycles. The topological polar surface area (TPSA) is 72.0 Å². The summed E-state index contributed by atoms with van der Waals surface area (Å²) in [6.45, 7) is 3.18. The molecule has 1 atom stereocenters. The molecule has 4 rings (SSSR count). The van der Waals surface area contributed by atoms with Crippen molar-refractivity contribution in [2.45, 2.75) is 6.10 Å². The molecule has 1 aliphatic rings. The molecule has 0 radical (unpaired) electrons. The second-order valence-electron chi connectivity index (χ2n) is 5.72. The Kier molecular flexibility index (Phi) is 4.31. The molecule has 0 amide bonds. The largest absolute Gasteiger partial charge is 0.374 e. The van der Waals surface area contributed by atoms with Crippen molar-refractivity contribution in [1.82, 2.24) is 20.3 Å². The van der Waals surface area contributed by atoms with E-state index in [1.807, 2.05) is 36.4 Å². The quantitative estimate of drug-likeness (QED) is 0.767. The standard InChI is InChI=1S/C18H19N5O/c1-2-4-13(5-3-1)15-10-16-17(21-7-6-20-16)18(23-15)22-12-14-11-19-8-9-24-14/h1-7,10,14,19H,8-9,11-12H2,(H,22,23).